The minimum absolute atomic E-state index is 0. The third-order valence-electron chi connectivity index (χ3n) is 14.9. The number of pyridine rings is 6. The van der Waals surface area contributed by atoms with Gasteiger partial charge in [0.15, 0.2) is 0 Å². The Labute approximate surface area is 659 Å². The van der Waals surface area contributed by atoms with Crippen molar-refractivity contribution >= 4 is 22.7 Å². The molecular formula is C90H116Fe2N10O4. The molecule has 0 N–H and O–H groups in total. The molecule has 14 nitrogen and oxygen atoms in total. The summed E-state index contributed by atoms with van der Waals surface area (Å²) >= 11 is 0. The molecule has 10 aromatic rings. The Morgan fingerprint density at radius 2 is 0.358 bits per heavy atom. The molecule has 566 valence electrons. The molecule has 0 aliphatic carbocycles. The van der Waals surface area contributed by atoms with Crippen LogP contribution in [-0.4, -0.2) is 29.9 Å². The number of rotatable bonds is 4. The topological polar surface area (TPSA) is 245 Å². The zero-order valence-corrected chi connectivity index (χ0v) is 70.0. The van der Waals surface area contributed by atoms with Gasteiger partial charge in [-0.05, 0) is 138 Å². The van der Waals surface area contributed by atoms with Gasteiger partial charge in [0, 0.05) is 88.2 Å². The third-order valence-corrected chi connectivity index (χ3v) is 14.9. The van der Waals surface area contributed by atoms with Crippen molar-refractivity contribution in [2.24, 2.45) is 0 Å². The second-order valence-corrected chi connectivity index (χ2v) is 32.3. The van der Waals surface area contributed by atoms with E-state index in [1.807, 2.05) is 241 Å². The van der Waals surface area contributed by atoms with E-state index in [4.69, 9.17) is 21.2 Å². The van der Waals surface area contributed by atoms with E-state index in [1.165, 1.54) is 13.8 Å². The summed E-state index contributed by atoms with van der Waals surface area (Å²) in [5.41, 5.74) is 6.70. The monoisotopic (exact) mass is 1510 g/mol. The fourth-order valence-electron chi connectivity index (χ4n) is 8.88. The Morgan fingerprint density at radius 3 is 0.434 bits per heavy atom. The summed E-state index contributed by atoms with van der Waals surface area (Å²) in [7, 11) is 0. The van der Waals surface area contributed by atoms with Crippen molar-refractivity contribution in [2.45, 2.75) is 223 Å². The van der Waals surface area contributed by atoms with E-state index in [0.29, 0.717) is 22.7 Å². The van der Waals surface area contributed by atoms with Crippen molar-refractivity contribution in [1.82, 2.24) is 29.9 Å². The van der Waals surface area contributed by atoms with E-state index in [9.17, 15) is 20.4 Å². The van der Waals surface area contributed by atoms with Gasteiger partial charge in [0.2, 0.25) is 0 Å². The molecule has 0 atom stereocenters. The quantitative estimate of drug-likeness (QED) is 0.149. The fourth-order valence-corrected chi connectivity index (χ4v) is 8.88. The van der Waals surface area contributed by atoms with Crippen LogP contribution in [0.1, 0.15) is 225 Å². The van der Waals surface area contributed by atoms with Gasteiger partial charge >= 0.3 is 34.1 Å². The summed E-state index contributed by atoms with van der Waals surface area (Å²) in [6, 6.07) is 53.2. The first kappa shape index (κ1) is 98.7. The fraction of sp³-hybridized carbons (Fsp3) is 0.378. The molecule has 106 heavy (non-hydrogen) atoms. The Morgan fingerprint density at radius 1 is 0.236 bits per heavy atom. The zero-order valence-electron chi connectivity index (χ0n) is 67.8. The van der Waals surface area contributed by atoms with E-state index < -0.39 is 0 Å². The van der Waals surface area contributed by atoms with Gasteiger partial charge in [-0.2, -0.15) is 10.5 Å². The molecular weight excluding hydrogens is 1400 g/mol. The molecule has 0 saturated carbocycles. The van der Waals surface area contributed by atoms with E-state index in [-0.39, 0.29) is 100 Å². The van der Waals surface area contributed by atoms with Crippen LogP contribution in [0.2, 0.25) is 0 Å². The smallest absolute Gasteiger partial charge is 0.873 e. The van der Waals surface area contributed by atoms with Crippen LogP contribution in [0.3, 0.4) is 0 Å². The molecule has 0 bridgehead atoms. The minimum Gasteiger partial charge on any atom is -0.873 e. The molecule has 10 rings (SSSR count). The molecule has 6 heterocycles. The molecule has 0 fully saturated rings. The van der Waals surface area contributed by atoms with Crippen molar-refractivity contribution < 1.29 is 54.6 Å². The van der Waals surface area contributed by atoms with Crippen molar-refractivity contribution in [3.05, 3.63) is 287 Å². The molecule has 0 unspecified atom stereocenters. The van der Waals surface area contributed by atoms with Gasteiger partial charge in [-0.1, -0.05) is 273 Å². The summed E-state index contributed by atoms with van der Waals surface area (Å²) in [6.07, 6.45) is 21.0. The standard InChI is InChI=1S/2C28H42NO2.6C5H5N.2C2H3N.2Fe/c2*1-25(2,3)17-13-19(27(7,8)9)23(30)21(15-17)29-22-16-18(26(4,5)6)14-20(24(22)31)28(10,11)12;6*1-2-4-6-5-3-1;2*1-2-3;;/h2*13-16,30-31H,1-12H3;6*1-5H;2*1H3;;/q2*-1;;;;;;;;;2*+3/p-4. The first-order valence-electron chi connectivity index (χ1n) is 34.9. The van der Waals surface area contributed by atoms with E-state index in [0.717, 1.165) is 44.5 Å². The number of aromatic nitrogens is 6. The molecule has 0 amide bonds. The molecule has 0 aliphatic heterocycles. The average molecular weight is 1510 g/mol. The first-order valence-corrected chi connectivity index (χ1v) is 34.9. The number of nitrogens with zero attached hydrogens (tertiary/aromatic N) is 10. The number of hydrogen-bond donors (Lipinski definition) is 0. The summed E-state index contributed by atoms with van der Waals surface area (Å²) in [6.45, 7) is 52.8. The zero-order chi connectivity index (χ0) is 79.2. The number of hydrogen-bond acceptors (Lipinski definition) is 12. The average Bonchev–Trinajstić information content (AvgIpc) is 0.779. The second kappa shape index (κ2) is 47.2. The molecule has 4 aromatic carbocycles. The van der Waals surface area contributed by atoms with Gasteiger partial charge in [-0.15, -0.1) is 45.7 Å². The van der Waals surface area contributed by atoms with Crippen LogP contribution in [0.4, 0.5) is 22.7 Å². The molecule has 0 saturated heterocycles. The van der Waals surface area contributed by atoms with Crippen LogP contribution < -0.4 is 20.4 Å². The van der Waals surface area contributed by atoms with Crippen molar-refractivity contribution in [3.63, 3.8) is 0 Å². The number of benzene rings is 4. The Bertz CT molecular complexity index is 3330. The molecule has 6 aromatic heterocycles. The van der Waals surface area contributed by atoms with Gasteiger partial charge in [-0.3, -0.25) is 29.9 Å². The van der Waals surface area contributed by atoms with Crippen LogP contribution in [0.5, 0.6) is 23.0 Å². The molecule has 2 radical (unpaired) electrons. The summed E-state index contributed by atoms with van der Waals surface area (Å²) in [4.78, 5) is 22.7. The van der Waals surface area contributed by atoms with E-state index in [2.05, 4.69) is 113 Å². The van der Waals surface area contributed by atoms with Crippen LogP contribution in [-0.2, 0) is 77.5 Å². The van der Waals surface area contributed by atoms with Crippen LogP contribution in [0, 0.1) is 22.7 Å². The Hall–Kier alpha value is -9.40. The van der Waals surface area contributed by atoms with Crippen molar-refractivity contribution in [1.29, 1.82) is 10.5 Å². The molecule has 0 aliphatic rings. The van der Waals surface area contributed by atoms with Crippen molar-refractivity contribution in [2.75, 3.05) is 0 Å². The maximum absolute atomic E-state index is 13.4. The minimum atomic E-state index is -0.313. The van der Waals surface area contributed by atoms with E-state index in [1.54, 1.807) is 86.5 Å². The summed E-state index contributed by atoms with van der Waals surface area (Å²) < 4.78 is 0. The maximum atomic E-state index is 13.4. The third kappa shape index (κ3) is 38.6. The summed E-state index contributed by atoms with van der Waals surface area (Å²) in [5.74, 6) is -0.395. The Balaban J connectivity index is 0. The van der Waals surface area contributed by atoms with Crippen LogP contribution >= 0.6 is 0 Å². The summed E-state index contributed by atoms with van der Waals surface area (Å²) in [5, 5.41) is 77.6. The molecule has 16 heteroatoms. The van der Waals surface area contributed by atoms with Gasteiger partial charge in [0.05, 0.1) is 12.1 Å². The van der Waals surface area contributed by atoms with Crippen molar-refractivity contribution in [3.8, 4) is 35.1 Å². The van der Waals surface area contributed by atoms with Gasteiger partial charge in [-0.25, -0.2) is 0 Å². The SMILES string of the molecule is CC#N.CC#N.CC(C)(C)c1cc([N-]c2cc(C(C)(C)C)cc(C(C)(C)C)c2[O-])c([O-])c(C(C)(C)C)c1.CC(C)(C)c1cc([N-]c2cc(C(C)(C)C)cc(C(C)(C)C)c2[O-])c([O-])c(C(C)(C)C)c1.[Fe+3].[Fe+3].c1ccncc1.c1ccncc1.c1ccncc1.c1ccncc1.c1ccncc1.c1ccncc1. The molecule has 0 spiro atoms. The predicted molar refractivity (Wildman–Crippen MR) is 427 cm³/mol. The second-order valence-electron chi connectivity index (χ2n) is 32.3. The van der Waals surface area contributed by atoms with Crippen LogP contribution in [0.15, 0.2) is 232 Å². The first-order chi connectivity index (χ1) is 48.3. The van der Waals surface area contributed by atoms with Gasteiger partial charge < -0.3 is 31.1 Å². The normalized spacial score (nSPS) is 10.7. The van der Waals surface area contributed by atoms with E-state index >= 15 is 0 Å². The van der Waals surface area contributed by atoms with Crippen LogP contribution in [0.25, 0.3) is 10.6 Å². The Kier molecular flexibility index (Phi) is 43.9. The predicted octanol–water partition coefficient (Wildman–Crippen LogP) is 22.3. The number of nitriles is 2. The maximum Gasteiger partial charge on any atom is 3.00 e. The van der Waals surface area contributed by atoms with Gasteiger partial charge in [0.25, 0.3) is 0 Å². The largest absolute Gasteiger partial charge is 3.00 e. The van der Waals surface area contributed by atoms with Gasteiger partial charge in [0.1, 0.15) is 0 Å².